The molecule has 2 rings (SSSR count). The summed E-state index contributed by atoms with van der Waals surface area (Å²) in [4.78, 5) is 14.2. The first-order valence-corrected chi connectivity index (χ1v) is 7.08. The minimum atomic E-state index is -0.406. The number of carbonyl (C=O) groups is 1. The van der Waals surface area contributed by atoms with Gasteiger partial charge in [-0.3, -0.25) is 4.79 Å². The number of benzene rings is 1. The third-order valence-corrected chi connectivity index (χ3v) is 3.78. The molecule has 0 unspecified atom stereocenters. The summed E-state index contributed by atoms with van der Waals surface area (Å²) in [5.74, 6) is 1.60. The van der Waals surface area contributed by atoms with Crippen molar-refractivity contribution in [1.82, 2.24) is 4.90 Å². The maximum atomic E-state index is 12.3. The lowest BCUT2D eigenvalue weighted by molar-refractivity contribution is -0.139. The molecule has 1 aliphatic heterocycles. The molecule has 0 saturated carbocycles. The molecule has 0 radical (unpaired) electrons. The fraction of sp³-hybridized carbons (Fsp3) is 0.562. The van der Waals surface area contributed by atoms with Gasteiger partial charge in [-0.25, -0.2) is 0 Å². The maximum Gasteiger partial charge on any atom is 0.263 e. The van der Waals surface area contributed by atoms with Crippen LogP contribution in [0.5, 0.6) is 5.75 Å². The number of rotatable bonds is 3. The fourth-order valence-electron chi connectivity index (χ4n) is 2.36. The second-order valence-corrected chi connectivity index (χ2v) is 5.58. The van der Waals surface area contributed by atoms with E-state index in [9.17, 15) is 4.79 Å². The van der Waals surface area contributed by atoms with Gasteiger partial charge in [-0.05, 0) is 44.7 Å². The summed E-state index contributed by atoms with van der Waals surface area (Å²) in [6.07, 6.45) is 1.79. The molecule has 3 heteroatoms. The lowest BCUT2D eigenvalue weighted by Gasteiger charge is -2.32. The summed E-state index contributed by atoms with van der Waals surface area (Å²) in [5, 5.41) is 0. The van der Waals surface area contributed by atoms with E-state index in [4.69, 9.17) is 4.74 Å². The van der Waals surface area contributed by atoms with Crippen LogP contribution in [-0.2, 0) is 4.79 Å². The van der Waals surface area contributed by atoms with E-state index in [1.807, 2.05) is 43.0 Å². The fourth-order valence-corrected chi connectivity index (χ4v) is 2.36. The molecule has 0 aromatic heterocycles. The molecule has 1 fully saturated rings. The van der Waals surface area contributed by atoms with Crippen LogP contribution in [0.25, 0.3) is 0 Å². The highest BCUT2D eigenvalue weighted by atomic mass is 16.5. The van der Waals surface area contributed by atoms with E-state index in [0.29, 0.717) is 0 Å². The molecule has 1 aromatic rings. The molecule has 0 aliphatic carbocycles. The van der Waals surface area contributed by atoms with Crippen LogP contribution in [0.2, 0.25) is 0 Å². The van der Waals surface area contributed by atoms with Gasteiger partial charge in [0.25, 0.3) is 5.91 Å². The van der Waals surface area contributed by atoms with Gasteiger partial charge in [-0.2, -0.15) is 0 Å². The van der Waals surface area contributed by atoms with Crippen LogP contribution < -0.4 is 4.74 Å². The lowest BCUT2D eigenvalue weighted by atomic mass is 9.99. The molecule has 3 nitrogen and oxygen atoms in total. The zero-order valence-electron chi connectivity index (χ0n) is 12.1. The Kier molecular flexibility index (Phi) is 4.46. The normalized spacial score (nSPS) is 18.2. The number of nitrogens with zero attached hydrogens (tertiary/aromatic N) is 1. The number of hydrogen-bond donors (Lipinski definition) is 0. The predicted molar refractivity (Wildman–Crippen MR) is 76.2 cm³/mol. The van der Waals surface area contributed by atoms with Crippen molar-refractivity contribution in [2.75, 3.05) is 13.1 Å². The number of carbonyl (C=O) groups excluding carboxylic acids is 1. The van der Waals surface area contributed by atoms with E-state index >= 15 is 0 Å². The molecule has 1 atom stereocenters. The van der Waals surface area contributed by atoms with Crippen molar-refractivity contribution in [2.45, 2.75) is 39.7 Å². The van der Waals surface area contributed by atoms with Gasteiger partial charge in [0.05, 0.1) is 0 Å². The molecule has 1 heterocycles. The average molecular weight is 261 g/mol. The Hall–Kier alpha value is -1.51. The van der Waals surface area contributed by atoms with E-state index in [1.165, 1.54) is 5.56 Å². The molecule has 0 spiro atoms. The van der Waals surface area contributed by atoms with E-state index in [0.717, 1.165) is 37.6 Å². The highest BCUT2D eigenvalue weighted by Crippen LogP contribution is 2.18. The molecule has 104 valence electrons. The van der Waals surface area contributed by atoms with Crippen molar-refractivity contribution in [1.29, 1.82) is 0 Å². The van der Waals surface area contributed by atoms with Crippen LogP contribution >= 0.6 is 0 Å². The molecule has 1 aromatic carbocycles. The highest BCUT2D eigenvalue weighted by molar-refractivity contribution is 5.81. The molecule has 19 heavy (non-hydrogen) atoms. The Morgan fingerprint density at radius 2 is 1.84 bits per heavy atom. The lowest BCUT2D eigenvalue weighted by Crippen LogP contribution is -2.44. The topological polar surface area (TPSA) is 29.5 Å². The van der Waals surface area contributed by atoms with Crippen LogP contribution in [0.4, 0.5) is 0 Å². The third kappa shape index (κ3) is 3.72. The van der Waals surface area contributed by atoms with Gasteiger partial charge in [0, 0.05) is 13.1 Å². The van der Waals surface area contributed by atoms with E-state index in [2.05, 4.69) is 6.92 Å². The Bertz CT molecular complexity index is 419. The van der Waals surface area contributed by atoms with Crippen LogP contribution in [0.15, 0.2) is 24.3 Å². The second kappa shape index (κ2) is 6.09. The molecular weight excluding hydrogens is 238 g/mol. The van der Waals surface area contributed by atoms with Crippen LogP contribution in [0, 0.1) is 12.8 Å². The highest BCUT2D eigenvalue weighted by Gasteiger charge is 2.25. The van der Waals surface area contributed by atoms with Gasteiger partial charge >= 0.3 is 0 Å². The van der Waals surface area contributed by atoms with Crippen molar-refractivity contribution < 1.29 is 9.53 Å². The summed E-state index contributed by atoms with van der Waals surface area (Å²) in [6.45, 7) is 7.84. The smallest absolute Gasteiger partial charge is 0.263 e. The summed E-state index contributed by atoms with van der Waals surface area (Å²) >= 11 is 0. The molecular formula is C16H23NO2. The number of aryl methyl sites for hydroxylation is 1. The van der Waals surface area contributed by atoms with Crippen molar-refractivity contribution in [3.63, 3.8) is 0 Å². The van der Waals surface area contributed by atoms with E-state index in [-0.39, 0.29) is 5.91 Å². The summed E-state index contributed by atoms with van der Waals surface area (Å²) in [6, 6.07) is 7.82. The van der Waals surface area contributed by atoms with E-state index in [1.54, 1.807) is 0 Å². The molecule has 1 saturated heterocycles. The first-order valence-electron chi connectivity index (χ1n) is 7.08. The van der Waals surface area contributed by atoms with Gasteiger partial charge in [0.1, 0.15) is 5.75 Å². The minimum Gasteiger partial charge on any atom is -0.481 e. The molecule has 0 bridgehead atoms. The van der Waals surface area contributed by atoms with Crippen molar-refractivity contribution in [2.24, 2.45) is 5.92 Å². The third-order valence-electron chi connectivity index (χ3n) is 3.78. The van der Waals surface area contributed by atoms with Crippen LogP contribution in [0.3, 0.4) is 0 Å². The molecule has 1 aliphatic rings. The monoisotopic (exact) mass is 261 g/mol. The summed E-state index contributed by atoms with van der Waals surface area (Å²) in [7, 11) is 0. The first-order chi connectivity index (χ1) is 9.06. The summed E-state index contributed by atoms with van der Waals surface area (Å²) < 4.78 is 5.72. The van der Waals surface area contributed by atoms with Gasteiger partial charge in [-0.15, -0.1) is 0 Å². The van der Waals surface area contributed by atoms with Gasteiger partial charge in [0.2, 0.25) is 0 Å². The Balaban J connectivity index is 1.90. The molecule has 0 N–H and O–H groups in total. The predicted octanol–water partition coefficient (Wildman–Crippen LogP) is 3.02. The second-order valence-electron chi connectivity index (χ2n) is 5.58. The summed E-state index contributed by atoms with van der Waals surface area (Å²) in [5.41, 5.74) is 1.19. The maximum absolute atomic E-state index is 12.3. The largest absolute Gasteiger partial charge is 0.481 e. The Labute approximate surface area is 115 Å². The zero-order valence-corrected chi connectivity index (χ0v) is 12.1. The van der Waals surface area contributed by atoms with Crippen LogP contribution in [-0.4, -0.2) is 30.0 Å². The average Bonchev–Trinajstić information content (AvgIpc) is 2.41. The van der Waals surface area contributed by atoms with Gasteiger partial charge < -0.3 is 9.64 Å². The standard InChI is InChI=1S/C16H23NO2/c1-12-4-6-15(7-5-12)19-14(3)16(18)17-10-8-13(2)9-11-17/h4-7,13-14H,8-11H2,1-3H3/t14-/m0/s1. The molecule has 1 amide bonds. The van der Waals surface area contributed by atoms with Crippen molar-refractivity contribution in [3.8, 4) is 5.75 Å². The van der Waals surface area contributed by atoms with E-state index < -0.39 is 6.10 Å². The number of likely N-dealkylation sites (tertiary alicyclic amines) is 1. The zero-order chi connectivity index (χ0) is 13.8. The van der Waals surface area contributed by atoms with Gasteiger partial charge in [0.15, 0.2) is 6.10 Å². The number of amides is 1. The first kappa shape index (κ1) is 13.9. The Morgan fingerprint density at radius 1 is 1.26 bits per heavy atom. The number of hydrogen-bond acceptors (Lipinski definition) is 2. The number of piperidine rings is 1. The van der Waals surface area contributed by atoms with Crippen molar-refractivity contribution in [3.05, 3.63) is 29.8 Å². The van der Waals surface area contributed by atoms with Gasteiger partial charge in [-0.1, -0.05) is 24.6 Å². The minimum absolute atomic E-state index is 0.104. The number of ether oxygens (including phenoxy) is 1. The van der Waals surface area contributed by atoms with Crippen molar-refractivity contribution >= 4 is 5.91 Å². The quantitative estimate of drug-likeness (QED) is 0.837. The Morgan fingerprint density at radius 3 is 2.42 bits per heavy atom. The SMILES string of the molecule is Cc1ccc(O[C@@H](C)C(=O)N2CCC(C)CC2)cc1. The van der Waals surface area contributed by atoms with Crippen LogP contribution in [0.1, 0.15) is 32.3 Å².